The fourth-order valence-corrected chi connectivity index (χ4v) is 2.34. The first-order chi connectivity index (χ1) is 10.1. The SMILES string of the molecule is Cc1cc(C)n(-c2ccc(C(=O)NCC3CNC3)cn2)n1. The van der Waals surface area contributed by atoms with Gasteiger partial charge in [0.05, 0.1) is 11.3 Å². The molecule has 0 bridgehead atoms. The van der Waals surface area contributed by atoms with E-state index in [-0.39, 0.29) is 5.91 Å². The molecule has 6 nitrogen and oxygen atoms in total. The first-order valence-electron chi connectivity index (χ1n) is 7.12. The number of hydrogen-bond acceptors (Lipinski definition) is 4. The Morgan fingerprint density at radius 1 is 1.43 bits per heavy atom. The molecule has 1 aliphatic rings. The second-order valence-corrected chi connectivity index (χ2v) is 5.48. The third kappa shape index (κ3) is 2.95. The predicted molar refractivity (Wildman–Crippen MR) is 79.5 cm³/mol. The summed E-state index contributed by atoms with van der Waals surface area (Å²) in [5.41, 5.74) is 2.55. The number of amides is 1. The molecule has 1 saturated heterocycles. The van der Waals surface area contributed by atoms with E-state index in [0.29, 0.717) is 18.0 Å². The zero-order chi connectivity index (χ0) is 14.8. The highest BCUT2D eigenvalue weighted by molar-refractivity contribution is 5.93. The third-order valence-electron chi connectivity index (χ3n) is 3.65. The Bertz CT molecular complexity index is 643. The van der Waals surface area contributed by atoms with Crippen molar-refractivity contribution >= 4 is 5.91 Å². The summed E-state index contributed by atoms with van der Waals surface area (Å²) in [6.07, 6.45) is 1.60. The summed E-state index contributed by atoms with van der Waals surface area (Å²) in [6.45, 7) is 6.60. The quantitative estimate of drug-likeness (QED) is 0.873. The molecule has 0 aliphatic carbocycles. The molecule has 110 valence electrons. The molecule has 3 heterocycles. The molecule has 2 N–H and O–H groups in total. The lowest BCUT2D eigenvalue weighted by Gasteiger charge is -2.27. The van der Waals surface area contributed by atoms with Crippen LogP contribution in [0.1, 0.15) is 21.7 Å². The molecule has 3 rings (SSSR count). The van der Waals surface area contributed by atoms with E-state index in [1.807, 2.05) is 26.0 Å². The molecular weight excluding hydrogens is 266 g/mol. The van der Waals surface area contributed by atoms with E-state index in [1.54, 1.807) is 16.9 Å². The van der Waals surface area contributed by atoms with Crippen LogP contribution >= 0.6 is 0 Å². The normalized spacial score (nSPS) is 14.8. The highest BCUT2D eigenvalue weighted by Gasteiger charge is 2.17. The van der Waals surface area contributed by atoms with Gasteiger partial charge >= 0.3 is 0 Å². The highest BCUT2D eigenvalue weighted by atomic mass is 16.1. The van der Waals surface area contributed by atoms with Crippen molar-refractivity contribution < 1.29 is 4.79 Å². The average molecular weight is 285 g/mol. The molecule has 0 unspecified atom stereocenters. The molecule has 0 saturated carbocycles. The zero-order valence-corrected chi connectivity index (χ0v) is 12.3. The lowest BCUT2D eigenvalue weighted by atomic mass is 10.0. The molecular formula is C15H19N5O. The Hall–Kier alpha value is -2.21. The summed E-state index contributed by atoms with van der Waals surface area (Å²) in [6, 6.07) is 5.60. The van der Waals surface area contributed by atoms with Crippen LogP contribution in [0.4, 0.5) is 0 Å². The van der Waals surface area contributed by atoms with Gasteiger partial charge in [0.25, 0.3) is 5.91 Å². The van der Waals surface area contributed by atoms with E-state index >= 15 is 0 Å². The topological polar surface area (TPSA) is 71.8 Å². The van der Waals surface area contributed by atoms with E-state index in [1.165, 1.54) is 0 Å². The van der Waals surface area contributed by atoms with Crippen LogP contribution in [-0.4, -0.2) is 40.3 Å². The average Bonchev–Trinajstić information content (AvgIpc) is 2.76. The van der Waals surface area contributed by atoms with E-state index in [0.717, 1.165) is 30.3 Å². The maximum atomic E-state index is 12.0. The van der Waals surface area contributed by atoms with E-state index in [2.05, 4.69) is 20.7 Å². The highest BCUT2D eigenvalue weighted by Crippen LogP contribution is 2.10. The van der Waals surface area contributed by atoms with Crippen molar-refractivity contribution in [2.24, 2.45) is 5.92 Å². The molecule has 1 amide bonds. The van der Waals surface area contributed by atoms with Gasteiger partial charge in [-0.25, -0.2) is 9.67 Å². The maximum absolute atomic E-state index is 12.0. The van der Waals surface area contributed by atoms with Crippen molar-refractivity contribution in [2.75, 3.05) is 19.6 Å². The molecule has 0 atom stereocenters. The summed E-state index contributed by atoms with van der Waals surface area (Å²) in [7, 11) is 0. The molecule has 2 aromatic rings. The monoisotopic (exact) mass is 285 g/mol. The summed E-state index contributed by atoms with van der Waals surface area (Å²) < 4.78 is 1.77. The van der Waals surface area contributed by atoms with Gasteiger partial charge in [0.15, 0.2) is 5.82 Å². The minimum absolute atomic E-state index is 0.0747. The van der Waals surface area contributed by atoms with Crippen LogP contribution < -0.4 is 10.6 Å². The Balaban J connectivity index is 1.68. The van der Waals surface area contributed by atoms with Crippen LogP contribution in [0, 0.1) is 19.8 Å². The smallest absolute Gasteiger partial charge is 0.252 e. The second kappa shape index (κ2) is 5.65. The van der Waals surface area contributed by atoms with Crippen molar-refractivity contribution in [2.45, 2.75) is 13.8 Å². The van der Waals surface area contributed by atoms with Crippen LogP contribution in [0.5, 0.6) is 0 Å². The molecule has 1 fully saturated rings. The lowest BCUT2D eigenvalue weighted by Crippen LogP contribution is -2.48. The molecule has 2 aromatic heterocycles. The third-order valence-corrected chi connectivity index (χ3v) is 3.65. The number of carbonyl (C=O) groups is 1. The molecule has 21 heavy (non-hydrogen) atoms. The van der Waals surface area contributed by atoms with E-state index < -0.39 is 0 Å². The van der Waals surface area contributed by atoms with Crippen molar-refractivity contribution in [1.29, 1.82) is 0 Å². The minimum Gasteiger partial charge on any atom is -0.352 e. The van der Waals surface area contributed by atoms with Crippen LogP contribution in [0.3, 0.4) is 0 Å². The number of rotatable bonds is 4. The Morgan fingerprint density at radius 2 is 2.24 bits per heavy atom. The van der Waals surface area contributed by atoms with Crippen molar-refractivity contribution in [3.8, 4) is 5.82 Å². The standard InChI is InChI=1S/C15H19N5O/c1-10-5-11(2)20(19-10)14-4-3-13(9-17-14)15(21)18-8-12-6-16-7-12/h3-5,9,12,16H,6-8H2,1-2H3,(H,18,21). The Labute approximate surface area is 123 Å². The van der Waals surface area contributed by atoms with Gasteiger partial charge in [-0.05, 0) is 32.0 Å². The number of carbonyl (C=O) groups excluding carboxylic acids is 1. The molecule has 0 aromatic carbocycles. The number of hydrogen-bond donors (Lipinski definition) is 2. The molecule has 0 spiro atoms. The van der Waals surface area contributed by atoms with Crippen LogP contribution in [-0.2, 0) is 0 Å². The van der Waals surface area contributed by atoms with Gasteiger partial charge in [-0.3, -0.25) is 4.79 Å². The van der Waals surface area contributed by atoms with Gasteiger partial charge in [0.2, 0.25) is 0 Å². The van der Waals surface area contributed by atoms with Gasteiger partial charge in [0.1, 0.15) is 0 Å². The molecule has 6 heteroatoms. The van der Waals surface area contributed by atoms with Crippen LogP contribution in [0.2, 0.25) is 0 Å². The number of aryl methyl sites for hydroxylation is 2. The lowest BCUT2D eigenvalue weighted by molar-refractivity contribution is 0.0942. The molecule has 1 aliphatic heterocycles. The summed E-state index contributed by atoms with van der Waals surface area (Å²) in [4.78, 5) is 16.3. The first-order valence-corrected chi connectivity index (χ1v) is 7.12. The number of nitrogens with one attached hydrogen (secondary N) is 2. The van der Waals surface area contributed by atoms with E-state index in [9.17, 15) is 4.79 Å². The fraction of sp³-hybridized carbons (Fsp3) is 0.400. The van der Waals surface area contributed by atoms with Gasteiger partial charge < -0.3 is 10.6 Å². The predicted octanol–water partition coefficient (Wildman–Crippen LogP) is 0.833. The van der Waals surface area contributed by atoms with Crippen molar-refractivity contribution in [1.82, 2.24) is 25.4 Å². The fourth-order valence-electron chi connectivity index (χ4n) is 2.34. The van der Waals surface area contributed by atoms with Crippen LogP contribution in [0.15, 0.2) is 24.4 Å². The second-order valence-electron chi connectivity index (χ2n) is 5.48. The first kappa shape index (κ1) is 13.8. The Morgan fingerprint density at radius 3 is 2.76 bits per heavy atom. The zero-order valence-electron chi connectivity index (χ0n) is 12.3. The van der Waals surface area contributed by atoms with Crippen molar-refractivity contribution in [3.05, 3.63) is 41.3 Å². The van der Waals surface area contributed by atoms with Crippen molar-refractivity contribution in [3.63, 3.8) is 0 Å². The largest absolute Gasteiger partial charge is 0.352 e. The number of pyridine rings is 1. The summed E-state index contributed by atoms with van der Waals surface area (Å²) >= 11 is 0. The van der Waals surface area contributed by atoms with Crippen LogP contribution in [0.25, 0.3) is 5.82 Å². The minimum atomic E-state index is -0.0747. The van der Waals surface area contributed by atoms with Gasteiger partial charge in [-0.2, -0.15) is 5.10 Å². The summed E-state index contributed by atoms with van der Waals surface area (Å²) in [5, 5.41) is 10.5. The van der Waals surface area contributed by atoms with E-state index in [4.69, 9.17) is 0 Å². The number of aromatic nitrogens is 3. The maximum Gasteiger partial charge on any atom is 0.252 e. The Kier molecular flexibility index (Phi) is 3.70. The summed E-state index contributed by atoms with van der Waals surface area (Å²) in [5.74, 6) is 1.20. The van der Waals surface area contributed by atoms with Gasteiger partial charge in [0, 0.05) is 37.4 Å². The number of nitrogens with zero attached hydrogens (tertiary/aromatic N) is 3. The van der Waals surface area contributed by atoms with Gasteiger partial charge in [-0.15, -0.1) is 0 Å². The van der Waals surface area contributed by atoms with Gasteiger partial charge in [-0.1, -0.05) is 0 Å². The molecule has 0 radical (unpaired) electrons.